The van der Waals surface area contributed by atoms with Crippen LogP contribution in [-0.4, -0.2) is 50.4 Å². The Morgan fingerprint density at radius 3 is 2.71 bits per heavy atom. The second-order valence-electron chi connectivity index (χ2n) is 6.15. The second kappa shape index (κ2) is 7.25. The average molecular weight is 328 g/mol. The van der Waals surface area contributed by atoms with Crippen molar-refractivity contribution in [2.45, 2.75) is 19.3 Å². The SMILES string of the molecule is O=C(O)[C@@H]1CN(C(=O)CCc2cn[nH]n2)C[C@H]1Cc1ccccc1. The van der Waals surface area contributed by atoms with Gasteiger partial charge in [-0.3, -0.25) is 9.59 Å². The second-order valence-corrected chi connectivity index (χ2v) is 6.15. The highest BCUT2D eigenvalue weighted by molar-refractivity contribution is 5.79. The van der Waals surface area contributed by atoms with E-state index in [1.54, 1.807) is 11.1 Å². The molecule has 7 heteroatoms. The molecule has 1 saturated heterocycles. The molecule has 1 aromatic heterocycles. The molecular formula is C17H20N4O3. The van der Waals surface area contributed by atoms with Gasteiger partial charge in [-0.05, 0) is 17.9 Å². The van der Waals surface area contributed by atoms with E-state index in [0.29, 0.717) is 25.8 Å². The number of hydrogen-bond acceptors (Lipinski definition) is 4. The Labute approximate surface area is 139 Å². The van der Waals surface area contributed by atoms with Crippen LogP contribution in [0, 0.1) is 11.8 Å². The van der Waals surface area contributed by atoms with Gasteiger partial charge >= 0.3 is 5.97 Å². The number of benzene rings is 1. The van der Waals surface area contributed by atoms with Crippen LogP contribution >= 0.6 is 0 Å². The highest BCUT2D eigenvalue weighted by Crippen LogP contribution is 2.27. The number of carbonyl (C=O) groups excluding carboxylic acids is 1. The number of aryl methyl sites for hydroxylation is 1. The third-order valence-electron chi connectivity index (χ3n) is 4.51. The van der Waals surface area contributed by atoms with E-state index in [4.69, 9.17) is 0 Å². The summed E-state index contributed by atoms with van der Waals surface area (Å²) in [6, 6.07) is 9.82. The van der Waals surface area contributed by atoms with Gasteiger partial charge in [0.15, 0.2) is 0 Å². The highest BCUT2D eigenvalue weighted by Gasteiger charge is 2.39. The number of carbonyl (C=O) groups is 2. The molecule has 0 unspecified atom stereocenters. The summed E-state index contributed by atoms with van der Waals surface area (Å²) in [5, 5.41) is 19.6. The third kappa shape index (κ3) is 3.79. The van der Waals surface area contributed by atoms with Crippen molar-refractivity contribution < 1.29 is 14.7 Å². The van der Waals surface area contributed by atoms with Crippen LogP contribution < -0.4 is 0 Å². The first-order valence-corrected chi connectivity index (χ1v) is 8.02. The summed E-state index contributed by atoms with van der Waals surface area (Å²) in [5.74, 6) is -1.43. The van der Waals surface area contributed by atoms with Gasteiger partial charge in [0.05, 0.1) is 17.8 Å². The minimum atomic E-state index is -0.831. The van der Waals surface area contributed by atoms with E-state index in [2.05, 4.69) is 15.4 Å². The number of aliphatic carboxylic acids is 1. The number of amides is 1. The van der Waals surface area contributed by atoms with Crippen LogP contribution in [-0.2, 0) is 22.4 Å². The normalized spacial score (nSPS) is 20.2. The number of carboxylic acids is 1. The van der Waals surface area contributed by atoms with Crippen molar-refractivity contribution in [3.05, 3.63) is 47.8 Å². The van der Waals surface area contributed by atoms with E-state index in [-0.39, 0.29) is 18.4 Å². The minimum Gasteiger partial charge on any atom is -0.481 e. The zero-order valence-corrected chi connectivity index (χ0v) is 13.3. The van der Waals surface area contributed by atoms with Gasteiger partial charge in [0.1, 0.15) is 0 Å². The smallest absolute Gasteiger partial charge is 0.308 e. The van der Waals surface area contributed by atoms with Gasteiger partial charge in [0.25, 0.3) is 0 Å². The molecule has 2 aromatic rings. The fraction of sp³-hybridized carbons (Fsp3) is 0.412. The zero-order valence-electron chi connectivity index (χ0n) is 13.3. The predicted octanol–water partition coefficient (Wildman–Crippen LogP) is 1.14. The molecule has 2 heterocycles. The summed E-state index contributed by atoms with van der Waals surface area (Å²) < 4.78 is 0. The quantitative estimate of drug-likeness (QED) is 0.828. The first kappa shape index (κ1) is 16.2. The lowest BCUT2D eigenvalue weighted by Gasteiger charge is -2.16. The first-order chi connectivity index (χ1) is 11.6. The number of rotatable bonds is 6. The minimum absolute atomic E-state index is 0.0280. The van der Waals surface area contributed by atoms with Crippen LogP contribution in [0.15, 0.2) is 36.5 Å². The average Bonchev–Trinajstić information content (AvgIpc) is 3.23. The molecule has 24 heavy (non-hydrogen) atoms. The van der Waals surface area contributed by atoms with E-state index in [9.17, 15) is 14.7 Å². The largest absolute Gasteiger partial charge is 0.481 e. The lowest BCUT2D eigenvalue weighted by Crippen LogP contribution is -2.30. The summed E-state index contributed by atoms with van der Waals surface area (Å²) in [5.41, 5.74) is 1.84. The summed E-state index contributed by atoms with van der Waals surface area (Å²) in [7, 11) is 0. The van der Waals surface area contributed by atoms with E-state index in [1.165, 1.54) is 0 Å². The molecule has 0 saturated carbocycles. The van der Waals surface area contributed by atoms with Gasteiger partial charge < -0.3 is 10.0 Å². The Balaban J connectivity index is 1.61. The summed E-state index contributed by atoms with van der Waals surface area (Å²) >= 11 is 0. The summed E-state index contributed by atoms with van der Waals surface area (Å²) in [6.45, 7) is 0.772. The Morgan fingerprint density at radius 2 is 2.04 bits per heavy atom. The third-order valence-corrected chi connectivity index (χ3v) is 4.51. The van der Waals surface area contributed by atoms with Crippen molar-refractivity contribution in [3.63, 3.8) is 0 Å². The Kier molecular flexibility index (Phi) is 4.88. The van der Waals surface area contributed by atoms with Crippen LogP contribution in [0.1, 0.15) is 17.7 Å². The molecule has 2 atom stereocenters. The Morgan fingerprint density at radius 1 is 1.25 bits per heavy atom. The van der Waals surface area contributed by atoms with Crippen LogP contribution in [0.25, 0.3) is 0 Å². The number of aromatic amines is 1. The van der Waals surface area contributed by atoms with Gasteiger partial charge in [-0.15, -0.1) is 0 Å². The predicted molar refractivity (Wildman–Crippen MR) is 86.0 cm³/mol. The van der Waals surface area contributed by atoms with Crippen molar-refractivity contribution in [2.75, 3.05) is 13.1 Å². The first-order valence-electron chi connectivity index (χ1n) is 8.02. The molecule has 7 nitrogen and oxygen atoms in total. The van der Waals surface area contributed by atoms with Gasteiger partial charge in [0, 0.05) is 25.9 Å². The number of nitrogens with zero attached hydrogens (tertiary/aromatic N) is 3. The molecule has 126 valence electrons. The van der Waals surface area contributed by atoms with Gasteiger partial charge in [-0.1, -0.05) is 30.3 Å². The van der Waals surface area contributed by atoms with Gasteiger partial charge in [-0.25, -0.2) is 0 Å². The topological polar surface area (TPSA) is 99.2 Å². The maximum Gasteiger partial charge on any atom is 0.308 e. The van der Waals surface area contributed by atoms with Crippen LogP contribution in [0.2, 0.25) is 0 Å². The molecule has 0 radical (unpaired) electrons. The van der Waals surface area contributed by atoms with E-state index < -0.39 is 11.9 Å². The van der Waals surface area contributed by atoms with Crippen molar-refractivity contribution in [1.29, 1.82) is 0 Å². The molecule has 0 spiro atoms. The van der Waals surface area contributed by atoms with Crippen molar-refractivity contribution in [2.24, 2.45) is 11.8 Å². The van der Waals surface area contributed by atoms with E-state index >= 15 is 0 Å². The van der Waals surface area contributed by atoms with E-state index in [1.807, 2.05) is 30.3 Å². The molecule has 1 aliphatic rings. The lowest BCUT2D eigenvalue weighted by atomic mass is 9.90. The zero-order chi connectivity index (χ0) is 16.9. The Bertz CT molecular complexity index is 687. The number of likely N-dealkylation sites (tertiary alicyclic amines) is 1. The molecule has 1 amide bonds. The fourth-order valence-electron chi connectivity index (χ4n) is 3.22. The molecule has 0 aliphatic carbocycles. The monoisotopic (exact) mass is 328 g/mol. The van der Waals surface area contributed by atoms with E-state index in [0.717, 1.165) is 11.3 Å². The molecule has 2 N–H and O–H groups in total. The Hall–Kier alpha value is -2.70. The van der Waals surface area contributed by atoms with Crippen molar-refractivity contribution >= 4 is 11.9 Å². The van der Waals surface area contributed by atoms with Crippen molar-refractivity contribution in [3.8, 4) is 0 Å². The molecule has 1 aliphatic heterocycles. The molecule has 1 fully saturated rings. The highest BCUT2D eigenvalue weighted by atomic mass is 16.4. The fourth-order valence-corrected chi connectivity index (χ4v) is 3.22. The van der Waals surface area contributed by atoms with Crippen LogP contribution in [0.4, 0.5) is 0 Å². The maximum absolute atomic E-state index is 12.4. The number of carboxylic acid groups (broad SMARTS) is 1. The van der Waals surface area contributed by atoms with Crippen LogP contribution in [0.5, 0.6) is 0 Å². The van der Waals surface area contributed by atoms with Crippen molar-refractivity contribution in [1.82, 2.24) is 20.3 Å². The molecule has 3 rings (SSSR count). The number of H-pyrrole nitrogens is 1. The lowest BCUT2D eigenvalue weighted by molar-refractivity contribution is -0.142. The molecular weight excluding hydrogens is 308 g/mol. The standard InChI is InChI=1S/C17H20N4O3/c22-16(7-6-14-9-18-20-19-14)21-10-13(15(11-21)17(23)24)8-12-4-2-1-3-5-12/h1-5,9,13,15H,6-8,10-11H2,(H,23,24)(H,18,19,20)/t13-,15-/m1/s1. The number of nitrogens with one attached hydrogen (secondary N) is 1. The maximum atomic E-state index is 12.4. The summed E-state index contributed by atoms with van der Waals surface area (Å²) in [6.07, 6.45) is 3.09. The number of hydrogen-bond donors (Lipinski definition) is 2. The summed E-state index contributed by atoms with van der Waals surface area (Å²) in [4.78, 5) is 25.6. The number of aromatic nitrogens is 3. The van der Waals surface area contributed by atoms with Gasteiger partial charge in [-0.2, -0.15) is 15.4 Å². The van der Waals surface area contributed by atoms with Crippen LogP contribution in [0.3, 0.4) is 0 Å². The van der Waals surface area contributed by atoms with Gasteiger partial charge in [0.2, 0.25) is 5.91 Å². The molecule has 1 aromatic carbocycles. The molecule has 0 bridgehead atoms.